The SMILES string of the molecule is COC(=O)c1cccnc1NC(=O)C1(C)COC1. The maximum atomic E-state index is 12.0. The molecule has 0 atom stereocenters. The number of amides is 1. The molecule has 0 spiro atoms. The average Bonchev–Trinajstić information content (AvgIpc) is 2.35. The van der Waals surface area contributed by atoms with Gasteiger partial charge in [-0.15, -0.1) is 0 Å². The molecule has 96 valence electrons. The lowest BCUT2D eigenvalue weighted by Gasteiger charge is -2.36. The highest BCUT2D eigenvalue weighted by Gasteiger charge is 2.41. The zero-order chi connectivity index (χ0) is 13.2. The molecular weight excluding hydrogens is 236 g/mol. The minimum Gasteiger partial charge on any atom is -0.465 e. The summed E-state index contributed by atoms with van der Waals surface area (Å²) in [7, 11) is 1.28. The smallest absolute Gasteiger partial charge is 0.341 e. The molecule has 1 fully saturated rings. The number of pyridine rings is 1. The van der Waals surface area contributed by atoms with Crippen LogP contribution in [0.15, 0.2) is 18.3 Å². The number of esters is 1. The summed E-state index contributed by atoms with van der Waals surface area (Å²) in [6.07, 6.45) is 1.50. The van der Waals surface area contributed by atoms with E-state index in [2.05, 4.69) is 15.0 Å². The molecule has 0 bridgehead atoms. The fraction of sp³-hybridized carbons (Fsp3) is 0.417. The molecule has 1 aromatic heterocycles. The van der Waals surface area contributed by atoms with Crippen molar-refractivity contribution in [3.05, 3.63) is 23.9 Å². The molecule has 1 aliphatic rings. The molecule has 1 aliphatic heterocycles. The van der Waals surface area contributed by atoms with Gasteiger partial charge in [0.15, 0.2) is 0 Å². The van der Waals surface area contributed by atoms with Gasteiger partial charge in [0.2, 0.25) is 5.91 Å². The Bertz CT molecular complexity index is 483. The molecule has 6 heteroatoms. The number of hydrogen-bond donors (Lipinski definition) is 1. The standard InChI is InChI=1S/C12H14N2O4/c1-12(6-18-7-12)11(16)14-9-8(10(15)17-2)4-3-5-13-9/h3-5H,6-7H2,1-2H3,(H,13,14,16). The Morgan fingerprint density at radius 3 is 2.78 bits per heavy atom. The number of ether oxygens (including phenoxy) is 2. The van der Waals surface area contributed by atoms with E-state index in [-0.39, 0.29) is 17.3 Å². The summed E-state index contributed by atoms with van der Waals surface area (Å²) >= 11 is 0. The molecule has 0 saturated carbocycles. The molecule has 18 heavy (non-hydrogen) atoms. The first kappa shape index (κ1) is 12.5. The van der Waals surface area contributed by atoms with Crippen molar-refractivity contribution in [2.75, 3.05) is 25.6 Å². The van der Waals surface area contributed by atoms with Gasteiger partial charge in [-0.2, -0.15) is 0 Å². The number of rotatable bonds is 3. The lowest BCUT2D eigenvalue weighted by molar-refractivity contribution is -0.151. The van der Waals surface area contributed by atoms with Crippen LogP contribution in [0.3, 0.4) is 0 Å². The quantitative estimate of drug-likeness (QED) is 0.804. The van der Waals surface area contributed by atoms with Gasteiger partial charge in [0.05, 0.1) is 25.7 Å². The summed E-state index contributed by atoms with van der Waals surface area (Å²) in [4.78, 5) is 27.5. The van der Waals surface area contributed by atoms with Crippen LogP contribution in [0.25, 0.3) is 0 Å². The zero-order valence-electron chi connectivity index (χ0n) is 10.2. The number of carbonyl (C=O) groups excluding carboxylic acids is 2. The molecular formula is C12H14N2O4. The summed E-state index contributed by atoms with van der Waals surface area (Å²) < 4.78 is 9.65. The van der Waals surface area contributed by atoms with Crippen molar-refractivity contribution in [2.24, 2.45) is 5.41 Å². The normalized spacial score (nSPS) is 16.6. The Morgan fingerprint density at radius 1 is 1.50 bits per heavy atom. The van der Waals surface area contributed by atoms with Crippen LogP contribution in [0.4, 0.5) is 5.82 Å². The van der Waals surface area contributed by atoms with E-state index in [0.717, 1.165) is 0 Å². The van der Waals surface area contributed by atoms with E-state index in [0.29, 0.717) is 13.2 Å². The second-order valence-corrected chi connectivity index (χ2v) is 4.40. The molecule has 1 saturated heterocycles. The molecule has 6 nitrogen and oxygen atoms in total. The summed E-state index contributed by atoms with van der Waals surface area (Å²) in [5.41, 5.74) is -0.317. The Labute approximate surface area is 104 Å². The Kier molecular flexibility index (Phi) is 3.29. The van der Waals surface area contributed by atoms with Crippen molar-refractivity contribution in [3.63, 3.8) is 0 Å². The molecule has 0 aliphatic carbocycles. The monoisotopic (exact) mass is 250 g/mol. The van der Waals surface area contributed by atoms with Crippen molar-refractivity contribution < 1.29 is 19.1 Å². The highest BCUT2D eigenvalue weighted by Crippen LogP contribution is 2.28. The zero-order valence-corrected chi connectivity index (χ0v) is 10.2. The fourth-order valence-corrected chi connectivity index (χ4v) is 1.58. The second-order valence-electron chi connectivity index (χ2n) is 4.40. The molecule has 0 aromatic carbocycles. The maximum Gasteiger partial charge on any atom is 0.341 e. The van der Waals surface area contributed by atoms with Gasteiger partial charge >= 0.3 is 5.97 Å². The first-order valence-corrected chi connectivity index (χ1v) is 5.49. The van der Waals surface area contributed by atoms with Crippen molar-refractivity contribution >= 4 is 17.7 Å². The van der Waals surface area contributed by atoms with Gasteiger partial charge in [-0.25, -0.2) is 9.78 Å². The third kappa shape index (κ3) is 2.19. The van der Waals surface area contributed by atoms with Gasteiger partial charge in [-0.1, -0.05) is 0 Å². The molecule has 2 rings (SSSR count). The van der Waals surface area contributed by atoms with E-state index in [4.69, 9.17) is 4.74 Å². The van der Waals surface area contributed by atoms with E-state index >= 15 is 0 Å². The first-order valence-electron chi connectivity index (χ1n) is 5.49. The van der Waals surface area contributed by atoms with Crippen molar-refractivity contribution in [2.45, 2.75) is 6.92 Å². The second kappa shape index (κ2) is 4.73. The number of hydrogen-bond acceptors (Lipinski definition) is 5. The topological polar surface area (TPSA) is 77.5 Å². The van der Waals surface area contributed by atoms with Gasteiger partial charge in [-0.3, -0.25) is 4.79 Å². The summed E-state index contributed by atoms with van der Waals surface area (Å²) in [5.74, 6) is -0.534. The average molecular weight is 250 g/mol. The van der Waals surface area contributed by atoms with E-state index in [9.17, 15) is 9.59 Å². The molecule has 1 N–H and O–H groups in total. The third-order valence-corrected chi connectivity index (χ3v) is 2.83. The van der Waals surface area contributed by atoms with Crippen LogP contribution in [-0.4, -0.2) is 37.2 Å². The van der Waals surface area contributed by atoms with Crippen LogP contribution >= 0.6 is 0 Å². The largest absolute Gasteiger partial charge is 0.465 e. The molecule has 1 aromatic rings. The Hall–Kier alpha value is -1.95. The van der Waals surface area contributed by atoms with Crippen LogP contribution in [0.2, 0.25) is 0 Å². The van der Waals surface area contributed by atoms with Crippen LogP contribution in [0.1, 0.15) is 17.3 Å². The number of nitrogens with one attached hydrogen (secondary N) is 1. The van der Waals surface area contributed by atoms with Crippen molar-refractivity contribution in [1.29, 1.82) is 0 Å². The maximum absolute atomic E-state index is 12.0. The lowest BCUT2D eigenvalue weighted by atomic mass is 9.87. The predicted octanol–water partition coefficient (Wildman–Crippen LogP) is 0.843. The van der Waals surface area contributed by atoms with Gasteiger partial charge in [0.1, 0.15) is 11.4 Å². The van der Waals surface area contributed by atoms with E-state index in [1.807, 2.05) is 0 Å². The van der Waals surface area contributed by atoms with Crippen molar-refractivity contribution in [1.82, 2.24) is 4.98 Å². The first-order chi connectivity index (χ1) is 8.57. The van der Waals surface area contributed by atoms with E-state index in [1.165, 1.54) is 13.3 Å². The third-order valence-electron chi connectivity index (χ3n) is 2.83. The van der Waals surface area contributed by atoms with E-state index < -0.39 is 11.4 Å². The summed E-state index contributed by atoms with van der Waals surface area (Å²) in [6, 6.07) is 3.16. The minimum absolute atomic E-state index is 0.211. The molecule has 1 amide bonds. The lowest BCUT2D eigenvalue weighted by Crippen LogP contribution is -2.49. The Morgan fingerprint density at radius 2 is 2.22 bits per heavy atom. The number of nitrogens with zero attached hydrogens (tertiary/aromatic N) is 1. The number of anilines is 1. The minimum atomic E-state index is -0.551. The highest BCUT2D eigenvalue weighted by molar-refractivity contribution is 6.01. The molecule has 0 unspecified atom stereocenters. The van der Waals surface area contributed by atoms with Gasteiger partial charge in [0, 0.05) is 6.20 Å². The van der Waals surface area contributed by atoms with Gasteiger partial charge in [-0.05, 0) is 19.1 Å². The number of aromatic nitrogens is 1. The van der Waals surface area contributed by atoms with Crippen LogP contribution in [0.5, 0.6) is 0 Å². The predicted molar refractivity (Wildman–Crippen MR) is 63.1 cm³/mol. The highest BCUT2D eigenvalue weighted by atomic mass is 16.5. The molecule has 0 radical (unpaired) electrons. The van der Waals surface area contributed by atoms with Crippen LogP contribution < -0.4 is 5.32 Å². The summed E-state index contributed by atoms with van der Waals surface area (Å²) in [5, 5.41) is 2.64. The van der Waals surface area contributed by atoms with E-state index in [1.54, 1.807) is 19.1 Å². The molecule has 2 heterocycles. The van der Waals surface area contributed by atoms with Crippen molar-refractivity contribution in [3.8, 4) is 0 Å². The number of carbonyl (C=O) groups is 2. The van der Waals surface area contributed by atoms with Crippen LogP contribution in [-0.2, 0) is 14.3 Å². The van der Waals surface area contributed by atoms with Gasteiger partial charge < -0.3 is 14.8 Å². The summed E-state index contributed by atoms with van der Waals surface area (Å²) in [6.45, 7) is 2.55. The fourth-order valence-electron chi connectivity index (χ4n) is 1.58. The Balaban J connectivity index is 2.18. The van der Waals surface area contributed by atoms with Crippen LogP contribution in [0, 0.1) is 5.41 Å². The van der Waals surface area contributed by atoms with Gasteiger partial charge in [0.25, 0.3) is 0 Å². The number of methoxy groups -OCH3 is 1.